The van der Waals surface area contributed by atoms with Gasteiger partial charge in [-0.15, -0.1) is 0 Å². The van der Waals surface area contributed by atoms with Crippen LogP contribution in [0.25, 0.3) is 0 Å². The number of fused-ring (bicyclic) bond motifs is 4. The van der Waals surface area contributed by atoms with Gasteiger partial charge >= 0.3 is 0 Å². The molecule has 0 unspecified atom stereocenters. The number of rotatable bonds is 2. The summed E-state index contributed by atoms with van der Waals surface area (Å²) in [6, 6.07) is 7.19. The zero-order valence-electron chi connectivity index (χ0n) is 20.8. The van der Waals surface area contributed by atoms with Gasteiger partial charge in [-0.1, -0.05) is 54.9 Å². The van der Waals surface area contributed by atoms with E-state index >= 15 is 0 Å². The molecule has 5 atom stereocenters. The molecule has 2 heterocycles. The summed E-state index contributed by atoms with van der Waals surface area (Å²) in [5.41, 5.74) is -3.88. The van der Waals surface area contributed by atoms with Gasteiger partial charge in [0.1, 0.15) is 17.4 Å². The Labute approximate surface area is 218 Å². The number of carbonyl (C=O) groups excluding carboxylic acids is 2. The summed E-state index contributed by atoms with van der Waals surface area (Å²) in [5, 5.41) is 27.2. The lowest BCUT2D eigenvalue weighted by Crippen LogP contribution is -2.72. The summed E-state index contributed by atoms with van der Waals surface area (Å²) >= 11 is 0. The van der Waals surface area contributed by atoms with Crippen LogP contribution in [0, 0.1) is 29.6 Å². The normalized spacial score (nSPS) is 34.9. The Balaban J connectivity index is 1.60. The average molecular weight is 510 g/mol. The molecule has 4 bridgehead atoms. The van der Waals surface area contributed by atoms with Crippen LogP contribution in [-0.4, -0.2) is 59.0 Å². The molecular weight excluding hydrogens is 486 g/mol. The van der Waals surface area contributed by atoms with Crippen molar-refractivity contribution in [3.8, 4) is 29.4 Å². The number of ketones is 2. The molecule has 0 spiro atoms. The molecule has 38 heavy (non-hydrogen) atoms. The second-order valence-electron chi connectivity index (χ2n) is 10.3. The Hall–Kier alpha value is -3.92. The molecule has 8 heteroatoms. The smallest absolute Gasteiger partial charge is 0.216 e. The van der Waals surface area contributed by atoms with E-state index in [0.29, 0.717) is 5.56 Å². The predicted octanol–water partition coefficient (Wildman–Crippen LogP) is 2.26. The first-order valence-electron chi connectivity index (χ1n) is 12.3. The number of phenols is 1. The highest BCUT2D eigenvalue weighted by molar-refractivity contribution is 6.31. The van der Waals surface area contributed by atoms with Crippen molar-refractivity contribution in [1.29, 1.82) is 0 Å². The molecule has 5 aliphatic rings. The molecule has 2 aliphatic heterocycles. The number of epoxide rings is 1. The van der Waals surface area contributed by atoms with Crippen LogP contribution in [0.3, 0.4) is 0 Å². The molecule has 190 valence electrons. The van der Waals surface area contributed by atoms with E-state index in [0.717, 1.165) is 0 Å². The summed E-state index contributed by atoms with van der Waals surface area (Å²) in [5.74, 6) is 8.77. The van der Waals surface area contributed by atoms with Gasteiger partial charge in [-0.05, 0) is 24.1 Å². The first kappa shape index (κ1) is 23.2. The van der Waals surface area contributed by atoms with Gasteiger partial charge in [0.05, 0.1) is 16.8 Å². The number of anilines is 1. The van der Waals surface area contributed by atoms with Crippen LogP contribution in [0.5, 0.6) is 5.75 Å². The lowest BCUT2D eigenvalue weighted by atomic mass is 9.55. The summed E-state index contributed by atoms with van der Waals surface area (Å²) in [6.07, 6.45) is 3.32. The van der Waals surface area contributed by atoms with E-state index in [1.54, 1.807) is 30.3 Å². The molecular formula is C30H23NO7. The molecule has 3 N–H and O–H groups in total. The monoisotopic (exact) mass is 509 g/mol. The third-order valence-corrected chi connectivity index (χ3v) is 8.86. The van der Waals surface area contributed by atoms with Crippen molar-refractivity contribution in [3.63, 3.8) is 0 Å². The number of phenolic OH excluding ortho intramolecular Hbond substituents is 1. The molecule has 1 saturated carbocycles. The first-order valence-corrected chi connectivity index (χ1v) is 12.3. The van der Waals surface area contributed by atoms with Gasteiger partial charge in [0.2, 0.25) is 11.4 Å². The Morgan fingerprint density at radius 3 is 2.39 bits per heavy atom. The van der Waals surface area contributed by atoms with E-state index in [4.69, 9.17) is 14.2 Å². The number of aromatic hydroxyl groups is 1. The predicted molar refractivity (Wildman–Crippen MR) is 134 cm³/mol. The highest BCUT2D eigenvalue weighted by atomic mass is 16.7. The van der Waals surface area contributed by atoms with Crippen LogP contribution in [0.2, 0.25) is 0 Å². The van der Waals surface area contributed by atoms with Gasteiger partial charge < -0.3 is 29.7 Å². The summed E-state index contributed by atoms with van der Waals surface area (Å²) in [4.78, 5) is 27.4. The molecule has 0 amide bonds. The fourth-order valence-electron chi connectivity index (χ4n) is 7.20. The fourth-order valence-corrected chi connectivity index (χ4v) is 7.20. The zero-order valence-corrected chi connectivity index (χ0v) is 20.8. The van der Waals surface area contributed by atoms with Crippen molar-refractivity contribution < 1.29 is 34.0 Å². The fraction of sp³-hybridized carbons (Fsp3) is 0.333. The molecule has 3 aliphatic carbocycles. The molecule has 7 rings (SSSR count). The standard InChI is InChI=1S/C30H23NO7/c1-16-15-28(36-2,37-3)27(35)13-9-5-4-6-12-21-29(16)30(27,38-29)19-14-20(32)22-23(24(19)31-21)26(34)18-11-8-7-10-17(18)25(22)33/h4-5,7-8,10-11,14,16,21,31-32,35H,15H2,1-3H3/b5-4-/t16-,21-,27-,29-,30-/m0/s1. The lowest BCUT2D eigenvalue weighted by Gasteiger charge is -2.54. The van der Waals surface area contributed by atoms with Crippen LogP contribution in [0.1, 0.15) is 50.8 Å². The summed E-state index contributed by atoms with van der Waals surface area (Å²) in [6.45, 7) is 1.95. The largest absolute Gasteiger partial charge is 0.507 e. The second kappa shape index (κ2) is 7.13. The van der Waals surface area contributed by atoms with Crippen LogP contribution in [-0.2, 0) is 19.8 Å². The summed E-state index contributed by atoms with van der Waals surface area (Å²) in [7, 11) is 2.86. The maximum atomic E-state index is 13.9. The minimum Gasteiger partial charge on any atom is -0.507 e. The van der Waals surface area contributed by atoms with Gasteiger partial charge in [-0.2, -0.15) is 0 Å². The van der Waals surface area contributed by atoms with E-state index in [2.05, 4.69) is 29.0 Å². The Morgan fingerprint density at radius 2 is 1.71 bits per heavy atom. The maximum Gasteiger partial charge on any atom is 0.216 e. The topological polar surface area (TPSA) is 118 Å². The lowest BCUT2D eigenvalue weighted by molar-refractivity contribution is -0.316. The first-order chi connectivity index (χ1) is 18.2. The van der Waals surface area contributed by atoms with Crippen LogP contribution in [0.4, 0.5) is 5.69 Å². The van der Waals surface area contributed by atoms with Crippen molar-refractivity contribution >= 4 is 17.3 Å². The number of benzene rings is 2. The number of hydrogen-bond acceptors (Lipinski definition) is 8. The van der Waals surface area contributed by atoms with Gasteiger partial charge in [-0.25, -0.2) is 0 Å². The van der Waals surface area contributed by atoms with Gasteiger partial charge in [0.15, 0.2) is 17.2 Å². The van der Waals surface area contributed by atoms with E-state index in [-0.39, 0.29) is 40.3 Å². The number of hydrogen-bond donors (Lipinski definition) is 3. The van der Waals surface area contributed by atoms with E-state index in [1.165, 1.54) is 26.4 Å². The van der Waals surface area contributed by atoms with E-state index in [1.807, 2.05) is 6.92 Å². The van der Waals surface area contributed by atoms with E-state index in [9.17, 15) is 19.8 Å². The van der Waals surface area contributed by atoms with Crippen LogP contribution >= 0.6 is 0 Å². The summed E-state index contributed by atoms with van der Waals surface area (Å²) < 4.78 is 18.4. The molecule has 0 radical (unpaired) electrons. The third-order valence-electron chi connectivity index (χ3n) is 8.86. The molecule has 8 nitrogen and oxygen atoms in total. The Kier molecular flexibility index (Phi) is 4.36. The molecule has 2 aromatic rings. The SMILES string of the molecule is COC1(OC)C[C@H](C)[C@@]23O[C@]24c2cc(O)c5c(c2N[C@H]3C#C/C=C\C#C[C@]14O)C(=O)c1ccccc1C5=O. The van der Waals surface area contributed by atoms with Crippen molar-refractivity contribution in [3.05, 3.63) is 70.3 Å². The van der Waals surface area contributed by atoms with Crippen LogP contribution in [0.15, 0.2) is 42.5 Å². The molecule has 2 fully saturated rings. The third kappa shape index (κ3) is 2.26. The Bertz CT molecular complexity index is 1650. The van der Waals surface area contributed by atoms with Gasteiger partial charge in [-0.3, -0.25) is 9.59 Å². The zero-order chi connectivity index (χ0) is 26.7. The van der Waals surface area contributed by atoms with Gasteiger partial charge in [0.25, 0.3) is 0 Å². The van der Waals surface area contributed by atoms with Gasteiger partial charge in [0, 0.05) is 37.3 Å². The van der Waals surface area contributed by atoms with Crippen molar-refractivity contribution in [1.82, 2.24) is 0 Å². The number of nitrogens with one attached hydrogen (secondary N) is 1. The van der Waals surface area contributed by atoms with Crippen molar-refractivity contribution in [2.45, 2.75) is 42.0 Å². The maximum absolute atomic E-state index is 13.9. The second-order valence-corrected chi connectivity index (χ2v) is 10.3. The number of carbonyl (C=O) groups is 2. The quantitative estimate of drug-likeness (QED) is 0.209. The Morgan fingerprint density at radius 1 is 1.05 bits per heavy atom. The molecule has 0 aromatic heterocycles. The van der Waals surface area contributed by atoms with Crippen LogP contribution < -0.4 is 5.32 Å². The highest BCUT2D eigenvalue weighted by Crippen LogP contribution is 2.76. The van der Waals surface area contributed by atoms with Crippen molar-refractivity contribution in [2.75, 3.05) is 19.5 Å². The average Bonchev–Trinajstić information content (AvgIpc) is 3.66. The number of ether oxygens (including phenoxy) is 3. The van der Waals surface area contributed by atoms with E-state index < -0.39 is 45.9 Å². The number of methoxy groups -OCH3 is 2. The van der Waals surface area contributed by atoms with Crippen molar-refractivity contribution in [2.24, 2.45) is 5.92 Å². The highest BCUT2D eigenvalue weighted by Gasteiger charge is 2.92. The molecule has 1 saturated heterocycles. The molecule has 2 aromatic carbocycles. The minimum absolute atomic E-state index is 0.00976. The number of aliphatic hydroxyl groups is 1. The number of allylic oxidation sites excluding steroid dienone is 2. The minimum atomic E-state index is -2.09.